The Kier molecular flexibility index (Phi) is 4.33. The first-order chi connectivity index (χ1) is 9.38. The van der Waals surface area contributed by atoms with Crippen molar-refractivity contribution in [3.05, 3.63) is 40.2 Å². The fourth-order valence-corrected chi connectivity index (χ4v) is 2.17. The highest BCUT2D eigenvalue weighted by Gasteiger charge is 2.16. The minimum absolute atomic E-state index is 0.242. The first-order valence-corrected chi connectivity index (χ1v) is 7.06. The number of hydrogen-bond donors (Lipinski definition) is 0. The maximum Gasteiger partial charge on any atom is 0.137 e. The zero-order valence-electron chi connectivity index (χ0n) is 12.6. The molecule has 0 bridgehead atoms. The molecule has 0 saturated heterocycles. The van der Waals surface area contributed by atoms with Crippen molar-refractivity contribution < 1.29 is 4.42 Å². The summed E-state index contributed by atoms with van der Waals surface area (Å²) in [6, 6.07) is 3.94. The van der Waals surface area contributed by atoms with Crippen molar-refractivity contribution in [3.63, 3.8) is 0 Å². The summed E-state index contributed by atoms with van der Waals surface area (Å²) in [6.07, 6.45) is 0. The van der Waals surface area contributed by atoms with E-state index in [2.05, 4.69) is 23.8 Å². The van der Waals surface area contributed by atoms with Gasteiger partial charge in [0.2, 0.25) is 0 Å². The second-order valence-electron chi connectivity index (χ2n) is 5.34. The van der Waals surface area contributed by atoms with Crippen molar-refractivity contribution in [2.45, 2.75) is 40.2 Å². The Bertz CT molecular complexity index is 607. The van der Waals surface area contributed by atoms with E-state index >= 15 is 0 Å². The van der Waals surface area contributed by atoms with Crippen LogP contribution in [0.3, 0.4) is 0 Å². The fourth-order valence-electron chi connectivity index (χ4n) is 2.00. The second-order valence-corrected chi connectivity index (χ2v) is 5.70. The van der Waals surface area contributed by atoms with Crippen LogP contribution < -0.4 is 4.90 Å². The molecular formula is C15H20ClN3O. The van der Waals surface area contributed by atoms with Crippen molar-refractivity contribution in [1.82, 2.24) is 9.97 Å². The molecule has 0 unspecified atom stereocenters. The third kappa shape index (κ3) is 3.12. The van der Waals surface area contributed by atoms with Crippen LogP contribution in [0, 0.1) is 13.8 Å². The molecule has 0 N–H and O–H groups in total. The summed E-state index contributed by atoms with van der Waals surface area (Å²) in [4.78, 5) is 11.0. The SMILES string of the molecule is Cc1ccc(CN(C)c2nc(C(C)C)nc(Cl)c2C)o1. The van der Waals surface area contributed by atoms with E-state index in [9.17, 15) is 0 Å². The van der Waals surface area contributed by atoms with Crippen molar-refractivity contribution in [3.8, 4) is 0 Å². The molecular weight excluding hydrogens is 274 g/mol. The smallest absolute Gasteiger partial charge is 0.137 e. The van der Waals surface area contributed by atoms with Gasteiger partial charge in [0, 0.05) is 18.5 Å². The van der Waals surface area contributed by atoms with Gasteiger partial charge in [0.1, 0.15) is 28.3 Å². The lowest BCUT2D eigenvalue weighted by Crippen LogP contribution is -2.20. The quantitative estimate of drug-likeness (QED) is 0.796. The Morgan fingerprint density at radius 2 is 1.95 bits per heavy atom. The van der Waals surface area contributed by atoms with Crippen LogP contribution >= 0.6 is 11.6 Å². The maximum atomic E-state index is 6.21. The van der Waals surface area contributed by atoms with E-state index in [1.807, 2.05) is 37.9 Å². The van der Waals surface area contributed by atoms with Crippen LogP contribution in [-0.4, -0.2) is 17.0 Å². The van der Waals surface area contributed by atoms with Gasteiger partial charge in [0.25, 0.3) is 0 Å². The number of halogens is 1. The molecule has 0 radical (unpaired) electrons. The first-order valence-electron chi connectivity index (χ1n) is 6.69. The summed E-state index contributed by atoms with van der Waals surface area (Å²) in [6.45, 7) is 8.64. The minimum atomic E-state index is 0.242. The Labute approximate surface area is 124 Å². The third-order valence-corrected chi connectivity index (χ3v) is 3.51. The van der Waals surface area contributed by atoms with Gasteiger partial charge in [-0.3, -0.25) is 0 Å². The topological polar surface area (TPSA) is 42.2 Å². The van der Waals surface area contributed by atoms with E-state index in [1.54, 1.807) is 0 Å². The number of furan rings is 1. The molecule has 2 aromatic heterocycles. The molecule has 0 fully saturated rings. The normalized spacial score (nSPS) is 11.2. The van der Waals surface area contributed by atoms with Gasteiger partial charge in [0.05, 0.1) is 6.54 Å². The molecule has 0 aliphatic heterocycles. The Balaban J connectivity index is 2.30. The molecule has 2 rings (SSSR count). The monoisotopic (exact) mass is 293 g/mol. The summed E-state index contributed by atoms with van der Waals surface area (Å²) in [5.41, 5.74) is 0.891. The number of aromatic nitrogens is 2. The van der Waals surface area contributed by atoms with E-state index in [0.29, 0.717) is 11.7 Å². The molecule has 20 heavy (non-hydrogen) atoms. The highest BCUT2D eigenvalue weighted by Crippen LogP contribution is 2.26. The van der Waals surface area contributed by atoms with E-state index in [-0.39, 0.29) is 5.92 Å². The molecule has 0 spiro atoms. The molecule has 0 amide bonds. The van der Waals surface area contributed by atoms with Crippen molar-refractivity contribution >= 4 is 17.4 Å². The van der Waals surface area contributed by atoms with Crippen molar-refractivity contribution in [2.24, 2.45) is 0 Å². The summed E-state index contributed by atoms with van der Waals surface area (Å²) in [5, 5.41) is 0.515. The molecule has 0 aliphatic rings. The average Bonchev–Trinajstić information content (AvgIpc) is 2.77. The standard InChI is InChI=1S/C15H20ClN3O/c1-9(2)14-17-13(16)11(4)15(18-14)19(5)8-12-7-6-10(3)20-12/h6-7,9H,8H2,1-5H3. The number of anilines is 1. The van der Waals surface area contributed by atoms with Gasteiger partial charge in [-0.25, -0.2) is 9.97 Å². The number of nitrogens with zero attached hydrogens (tertiary/aromatic N) is 3. The fraction of sp³-hybridized carbons (Fsp3) is 0.467. The zero-order valence-corrected chi connectivity index (χ0v) is 13.3. The third-order valence-electron chi connectivity index (χ3n) is 3.15. The van der Waals surface area contributed by atoms with Crippen LogP contribution in [0.4, 0.5) is 5.82 Å². The molecule has 0 aliphatic carbocycles. The Morgan fingerprint density at radius 3 is 2.50 bits per heavy atom. The Hall–Kier alpha value is -1.55. The van der Waals surface area contributed by atoms with E-state index in [4.69, 9.17) is 16.0 Å². The van der Waals surface area contributed by atoms with Gasteiger partial charge in [0.15, 0.2) is 0 Å². The maximum absolute atomic E-state index is 6.21. The number of aryl methyl sites for hydroxylation is 1. The van der Waals surface area contributed by atoms with Crippen molar-refractivity contribution in [2.75, 3.05) is 11.9 Å². The molecule has 5 heteroatoms. The molecule has 0 saturated carbocycles. The van der Waals surface area contributed by atoms with Crippen LogP contribution in [0.5, 0.6) is 0 Å². The molecule has 2 heterocycles. The minimum Gasteiger partial charge on any atom is -0.464 e. The molecule has 0 atom stereocenters. The van der Waals surface area contributed by atoms with Crippen LogP contribution in [0.1, 0.15) is 42.7 Å². The van der Waals surface area contributed by atoms with Crippen molar-refractivity contribution in [1.29, 1.82) is 0 Å². The molecule has 108 valence electrons. The largest absolute Gasteiger partial charge is 0.464 e. The highest BCUT2D eigenvalue weighted by molar-refractivity contribution is 6.30. The molecule has 0 aromatic carbocycles. The summed E-state index contributed by atoms with van der Waals surface area (Å²) >= 11 is 6.21. The van der Waals surface area contributed by atoms with E-state index in [1.165, 1.54) is 0 Å². The van der Waals surface area contributed by atoms with Gasteiger partial charge in [-0.05, 0) is 26.0 Å². The van der Waals surface area contributed by atoms with Gasteiger partial charge in [-0.2, -0.15) is 0 Å². The highest BCUT2D eigenvalue weighted by atomic mass is 35.5. The van der Waals surface area contributed by atoms with Crippen LogP contribution in [0.2, 0.25) is 5.15 Å². The Morgan fingerprint density at radius 1 is 1.25 bits per heavy atom. The molecule has 2 aromatic rings. The first kappa shape index (κ1) is 14.9. The summed E-state index contributed by atoms with van der Waals surface area (Å²) in [7, 11) is 1.98. The van der Waals surface area contributed by atoms with Gasteiger partial charge in [-0.1, -0.05) is 25.4 Å². The van der Waals surface area contributed by atoms with E-state index in [0.717, 1.165) is 28.7 Å². The summed E-state index contributed by atoms with van der Waals surface area (Å²) < 4.78 is 5.61. The lowest BCUT2D eigenvalue weighted by Gasteiger charge is -2.20. The zero-order chi connectivity index (χ0) is 14.9. The van der Waals surface area contributed by atoms with Crippen LogP contribution in [0.25, 0.3) is 0 Å². The summed E-state index contributed by atoms with van der Waals surface area (Å²) in [5.74, 6) is 3.67. The van der Waals surface area contributed by atoms with E-state index < -0.39 is 0 Å². The van der Waals surface area contributed by atoms with Crippen LogP contribution in [-0.2, 0) is 6.54 Å². The lowest BCUT2D eigenvalue weighted by molar-refractivity contribution is 0.481. The van der Waals surface area contributed by atoms with Crippen LogP contribution in [0.15, 0.2) is 16.5 Å². The van der Waals surface area contributed by atoms with Gasteiger partial charge >= 0.3 is 0 Å². The lowest BCUT2D eigenvalue weighted by atomic mass is 10.2. The second kappa shape index (κ2) is 5.83. The van der Waals surface area contributed by atoms with Gasteiger partial charge < -0.3 is 9.32 Å². The number of hydrogen-bond acceptors (Lipinski definition) is 4. The van der Waals surface area contributed by atoms with Gasteiger partial charge in [-0.15, -0.1) is 0 Å². The molecule has 4 nitrogen and oxygen atoms in total. The predicted octanol–water partition coefficient (Wildman–Crippen LogP) is 4.10. The predicted molar refractivity (Wildman–Crippen MR) is 81.4 cm³/mol. The number of rotatable bonds is 4. The average molecular weight is 294 g/mol.